The van der Waals surface area contributed by atoms with E-state index in [-0.39, 0.29) is 11.9 Å². The van der Waals surface area contributed by atoms with Gasteiger partial charge in [-0.3, -0.25) is 9.89 Å². The Labute approximate surface area is 144 Å². The number of hydrogen-bond donors (Lipinski definition) is 2. The quantitative estimate of drug-likeness (QED) is 0.838. The summed E-state index contributed by atoms with van der Waals surface area (Å²) in [5, 5.41) is 11.1. The third kappa shape index (κ3) is 3.93. The maximum Gasteiger partial charge on any atom is 0.272 e. The van der Waals surface area contributed by atoms with E-state index in [1.165, 1.54) is 19.4 Å². The molecule has 1 saturated heterocycles. The van der Waals surface area contributed by atoms with Crippen LogP contribution in [0.1, 0.15) is 43.1 Å². The average molecular weight is 379 g/mol. The van der Waals surface area contributed by atoms with Gasteiger partial charge < -0.3 is 10.2 Å². The van der Waals surface area contributed by atoms with Crippen molar-refractivity contribution in [2.75, 3.05) is 19.6 Å². The maximum atomic E-state index is 12.5. The summed E-state index contributed by atoms with van der Waals surface area (Å²) in [4.78, 5) is 15.0. The van der Waals surface area contributed by atoms with Crippen LogP contribution in [0.2, 0.25) is 0 Å². The van der Waals surface area contributed by atoms with Crippen LogP contribution in [0.15, 0.2) is 22.7 Å². The highest BCUT2D eigenvalue weighted by atomic mass is 79.9. The second kappa shape index (κ2) is 7.45. The molecule has 2 heterocycles. The summed E-state index contributed by atoms with van der Waals surface area (Å²) >= 11 is 3.45. The van der Waals surface area contributed by atoms with Crippen molar-refractivity contribution in [1.29, 1.82) is 0 Å². The van der Waals surface area contributed by atoms with E-state index in [0.29, 0.717) is 5.69 Å². The number of piperidine rings is 1. The van der Waals surface area contributed by atoms with Gasteiger partial charge in [-0.2, -0.15) is 5.10 Å². The number of H-pyrrole nitrogens is 1. The average Bonchev–Trinajstić information content (AvgIpc) is 2.97. The Morgan fingerprint density at radius 2 is 2.22 bits per heavy atom. The molecule has 1 amide bonds. The van der Waals surface area contributed by atoms with Crippen LogP contribution in [0.3, 0.4) is 0 Å². The fourth-order valence-corrected chi connectivity index (χ4v) is 3.46. The van der Waals surface area contributed by atoms with E-state index in [4.69, 9.17) is 0 Å². The maximum absolute atomic E-state index is 12.5. The zero-order chi connectivity index (χ0) is 16.2. The van der Waals surface area contributed by atoms with Crippen molar-refractivity contribution in [3.05, 3.63) is 28.4 Å². The minimum Gasteiger partial charge on any atom is -0.348 e. The van der Waals surface area contributed by atoms with Crippen LogP contribution in [0.4, 0.5) is 0 Å². The predicted octanol–water partition coefficient (Wildman–Crippen LogP) is 3.32. The molecule has 0 aliphatic carbocycles. The molecule has 1 aromatic carbocycles. The molecule has 0 saturated carbocycles. The molecule has 2 aromatic rings. The molecule has 0 unspecified atom stereocenters. The third-order valence-electron chi connectivity index (χ3n) is 4.49. The number of rotatable bonds is 5. The molecule has 6 heteroatoms. The second-order valence-electron chi connectivity index (χ2n) is 6.21. The van der Waals surface area contributed by atoms with Gasteiger partial charge >= 0.3 is 0 Å². The standard InChI is InChI=1S/C17H23BrN4O/c1-2-3-8-22-9-6-13(7-10-22)19-17(23)16-14-11-12(18)4-5-15(14)20-21-16/h4-5,11,13H,2-3,6-10H2,1H3,(H,19,23)(H,20,21). The first-order valence-corrected chi connectivity index (χ1v) is 9.13. The number of amides is 1. The number of carbonyl (C=O) groups is 1. The van der Waals surface area contributed by atoms with E-state index in [1.807, 2.05) is 18.2 Å². The van der Waals surface area contributed by atoms with E-state index in [9.17, 15) is 4.79 Å². The largest absolute Gasteiger partial charge is 0.348 e. The predicted molar refractivity (Wildman–Crippen MR) is 95.6 cm³/mol. The van der Waals surface area contributed by atoms with Gasteiger partial charge in [0.15, 0.2) is 5.69 Å². The molecule has 1 fully saturated rings. The summed E-state index contributed by atoms with van der Waals surface area (Å²) in [7, 11) is 0. The Hall–Kier alpha value is -1.40. The molecule has 1 aromatic heterocycles. The van der Waals surface area contributed by atoms with Crippen molar-refractivity contribution in [2.24, 2.45) is 0 Å². The first-order chi connectivity index (χ1) is 11.2. The lowest BCUT2D eigenvalue weighted by Crippen LogP contribution is -2.44. The van der Waals surface area contributed by atoms with Crippen LogP contribution in [0.5, 0.6) is 0 Å². The molecule has 0 spiro atoms. The van der Waals surface area contributed by atoms with Gasteiger partial charge in [-0.1, -0.05) is 29.3 Å². The molecular weight excluding hydrogens is 356 g/mol. The monoisotopic (exact) mass is 378 g/mol. The molecule has 23 heavy (non-hydrogen) atoms. The van der Waals surface area contributed by atoms with Crippen LogP contribution in [-0.4, -0.2) is 46.7 Å². The van der Waals surface area contributed by atoms with Gasteiger partial charge in [0.2, 0.25) is 0 Å². The Bertz CT molecular complexity index is 676. The van der Waals surface area contributed by atoms with E-state index < -0.39 is 0 Å². The number of halogens is 1. The molecule has 1 aliphatic rings. The highest BCUT2D eigenvalue weighted by Crippen LogP contribution is 2.21. The number of aromatic nitrogens is 2. The third-order valence-corrected chi connectivity index (χ3v) is 4.98. The molecule has 3 rings (SSSR count). The fraction of sp³-hybridized carbons (Fsp3) is 0.529. The molecule has 5 nitrogen and oxygen atoms in total. The van der Waals surface area contributed by atoms with Gasteiger partial charge in [0, 0.05) is 29.0 Å². The summed E-state index contributed by atoms with van der Waals surface area (Å²) < 4.78 is 0.949. The minimum absolute atomic E-state index is 0.0821. The molecule has 1 aliphatic heterocycles. The highest BCUT2D eigenvalue weighted by Gasteiger charge is 2.22. The van der Waals surface area contributed by atoms with Crippen LogP contribution in [0, 0.1) is 0 Å². The first-order valence-electron chi connectivity index (χ1n) is 8.34. The van der Waals surface area contributed by atoms with Crippen molar-refractivity contribution < 1.29 is 4.79 Å². The normalized spacial score (nSPS) is 16.8. The second-order valence-corrected chi connectivity index (χ2v) is 7.12. The van der Waals surface area contributed by atoms with Crippen molar-refractivity contribution in [3.8, 4) is 0 Å². The molecular formula is C17H23BrN4O. The summed E-state index contributed by atoms with van der Waals surface area (Å²) in [6.45, 7) is 5.53. The topological polar surface area (TPSA) is 61.0 Å². The van der Waals surface area contributed by atoms with Crippen molar-refractivity contribution in [3.63, 3.8) is 0 Å². The Morgan fingerprint density at radius 3 is 2.96 bits per heavy atom. The van der Waals surface area contributed by atoms with Gasteiger partial charge in [0.05, 0.1) is 5.52 Å². The lowest BCUT2D eigenvalue weighted by molar-refractivity contribution is 0.0907. The number of fused-ring (bicyclic) bond motifs is 1. The van der Waals surface area contributed by atoms with Crippen LogP contribution in [0.25, 0.3) is 10.9 Å². The Morgan fingerprint density at radius 1 is 1.43 bits per heavy atom. The van der Waals surface area contributed by atoms with Crippen molar-refractivity contribution in [1.82, 2.24) is 20.4 Å². The van der Waals surface area contributed by atoms with Crippen LogP contribution >= 0.6 is 15.9 Å². The van der Waals surface area contributed by atoms with Gasteiger partial charge in [-0.05, 0) is 44.0 Å². The summed E-state index contributed by atoms with van der Waals surface area (Å²) in [5.41, 5.74) is 1.36. The highest BCUT2D eigenvalue weighted by molar-refractivity contribution is 9.10. The van der Waals surface area contributed by atoms with Crippen LogP contribution < -0.4 is 5.32 Å². The molecule has 124 valence electrons. The van der Waals surface area contributed by atoms with Gasteiger partial charge in [-0.25, -0.2) is 0 Å². The van der Waals surface area contributed by atoms with E-state index in [0.717, 1.165) is 41.3 Å². The van der Waals surface area contributed by atoms with Gasteiger partial charge in [-0.15, -0.1) is 0 Å². The lowest BCUT2D eigenvalue weighted by Gasteiger charge is -2.32. The van der Waals surface area contributed by atoms with Gasteiger partial charge in [0.1, 0.15) is 0 Å². The van der Waals surface area contributed by atoms with E-state index >= 15 is 0 Å². The number of nitrogens with one attached hydrogen (secondary N) is 2. The zero-order valence-corrected chi connectivity index (χ0v) is 15.0. The lowest BCUT2D eigenvalue weighted by atomic mass is 10.0. The molecule has 0 atom stereocenters. The molecule has 2 N–H and O–H groups in total. The Balaban J connectivity index is 1.60. The SMILES string of the molecule is CCCCN1CCC(NC(=O)c2n[nH]c3ccc(Br)cc23)CC1. The van der Waals surface area contributed by atoms with E-state index in [2.05, 4.69) is 43.3 Å². The number of likely N-dealkylation sites (tertiary alicyclic amines) is 1. The molecule has 0 radical (unpaired) electrons. The first kappa shape index (κ1) is 16.5. The Kier molecular flexibility index (Phi) is 5.33. The number of nitrogens with zero attached hydrogens (tertiary/aromatic N) is 2. The number of aromatic amines is 1. The summed E-state index contributed by atoms with van der Waals surface area (Å²) in [5.74, 6) is -0.0821. The molecule has 0 bridgehead atoms. The van der Waals surface area contributed by atoms with Crippen molar-refractivity contribution >= 4 is 32.7 Å². The number of unbranched alkanes of at least 4 members (excludes halogenated alkanes) is 1. The van der Waals surface area contributed by atoms with Crippen molar-refractivity contribution in [2.45, 2.75) is 38.6 Å². The van der Waals surface area contributed by atoms with Crippen LogP contribution in [-0.2, 0) is 0 Å². The van der Waals surface area contributed by atoms with Gasteiger partial charge in [0.25, 0.3) is 5.91 Å². The fourth-order valence-electron chi connectivity index (χ4n) is 3.10. The van der Waals surface area contributed by atoms with E-state index in [1.54, 1.807) is 0 Å². The minimum atomic E-state index is -0.0821. The smallest absolute Gasteiger partial charge is 0.272 e. The number of carbonyl (C=O) groups excluding carboxylic acids is 1. The zero-order valence-electron chi connectivity index (χ0n) is 13.4. The summed E-state index contributed by atoms with van der Waals surface area (Å²) in [6.07, 6.45) is 4.52. The number of benzene rings is 1. The summed E-state index contributed by atoms with van der Waals surface area (Å²) in [6, 6.07) is 6.05. The number of hydrogen-bond acceptors (Lipinski definition) is 3.